The van der Waals surface area contributed by atoms with Gasteiger partial charge < -0.3 is 24.4 Å². The highest BCUT2D eigenvalue weighted by Crippen LogP contribution is 2.37. The van der Waals surface area contributed by atoms with E-state index in [4.69, 9.17) is 9.47 Å². The Morgan fingerprint density at radius 2 is 2.12 bits per heavy atom. The predicted octanol–water partition coefficient (Wildman–Crippen LogP) is 0.838. The third-order valence-corrected chi connectivity index (χ3v) is 4.25. The first-order chi connectivity index (χ1) is 12.1. The summed E-state index contributed by atoms with van der Waals surface area (Å²) in [5.74, 6) is 0.252. The summed E-state index contributed by atoms with van der Waals surface area (Å²) >= 11 is 0. The fourth-order valence-corrected chi connectivity index (χ4v) is 2.88. The third kappa shape index (κ3) is 3.84. The van der Waals surface area contributed by atoms with E-state index < -0.39 is 5.92 Å². The number of hydrogen-bond acceptors (Lipinski definition) is 6. The van der Waals surface area contributed by atoms with Crippen LogP contribution < -0.4 is 19.7 Å². The van der Waals surface area contributed by atoms with Gasteiger partial charge in [0.2, 0.25) is 18.6 Å². The maximum atomic E-state index is 12.3. The maximum Gasteiger partial charge on any atom is 0.305 e. The maximum absolute atomic E-state index is 12.3. The van der Waals surface area contributed by atoms with E-state index in [2.05, 4.69) is 10.1 Å². The molecule has 134 valence electrons. The zero-order chi connectivity index (χ0) is 17.8. The molecule has 0 spiro atoms. The first-order valence-electron chi connectivity index (χ1n) is 8.13. The van der Waals surface area contributed by atoms with E-state index in [1.807, 2.05) is 0 Å². The average Bonchev–Trinajstić information content (AvgIpc) is 3.23. The molecule has 3 rings (SSSR count). The lowest BCUT2D eigenvalue weighted by Crippen LogP contribution is -2.33. The van der Waals surface area contributed by atoms with Crippen molar-refractivity contribution in [3.05, 3.63) is 18.2 Å². The van der Waals surface area contributed by atoms with Crippen molar-refractivity contribution in [3.8, 4) is 11.5 Å². The molecule has 25 heavy (non-hydrogen) atoms. The Kier molecular flexibility index (Phi) is 5.06. The Balaban J connectivity index is 1.53. The van der Waals surface area contributed by atoms with E-state index in [0.29, 0.717) is 36.7 Å². The van der Waals surface area contributed by atoms with Gasteiger partial charge in [0.1, 0.15) is 0 Å². The molecule has 0 bridgehead atoms. The van der Waals surface area contributed by atoms with Crippen LogP contribution in [0.2, 0.25) is 0 Å². The minimum atomic E-state index is -0.406. The van der Waals surface area contributed by atoms with Crippen LogP contribution in [0.1, 0.15) is 19.3 Å². The smallest absolute Gasteiger partial charge is 0.305 e. The first-order valence-corrected chi connectivity index (χ1v) is 8.13. The SMILES string of the molecule is COC(=O)CCCNC(=O)C1CC(=O)N(c2ccc3c(c2)OCO3)C1. The molecule has 0 radical (unpaired) electrons. The van der Waals surface area contributed by atoms with Gasteiger partial charge in [-0.2, -0.15) is 0 Å². The lowest BCUT2D eigenvalue weighted by Gasteiger charge is -2.17. The van der Waals surface area contributed by atoms with E-state index in [0.717, 1.165) is 0 Å². The number of carbonyl (C=O) groups is 3. The molecule has 1 atom stereocenters. The fourth-order valence-electron chi connectivity index (χ4n) is 2.88. The summed E-state index contributed by atoms with van der Waals surface area (Å²) in [5, 5.41) is 2.77. The quantitative estimate of drug-likeness (QED) is 0.605. The summed E-state index contributed by atoms with van der Waals surface area (Å²) in [7, 11) is 1.33. The topological polar surface area (TPSA) is 94.2 Å². The van der Waals surface area contributed by atoms with Crippen LogP contribution in [0, 0.1) is 5.92 Å². The molecule has 0 aliphatic carbocycles. The molecule has 1 fully saturated rings. The van der Waals surface area contributed by atoms with E-state index in [1.165, 1.54) is 7.11 Å². The van der Waals surface area contributed by atoms with Gasteiger partial charge in [-0.3, -0.25) is 14.4 Å². The van der Waals surface area contributed by atoms with Crippen molar-refractivity contribution < 1.29 is 28.6 Å². The summed E-state index contributed by atoms with van der Waals surface area (Å²) in [6.45, 7) is 0.868. The van der Waals surface area contributed by atoms with Crippen LogP contribution in [0.5, 0.6) is 11.5 Å². The second-order valence-corrected chi connectivity index (χ2v) is 5.91. The van der Waals surface area contributed by atoms with Gasteiger partial charge in [-0.15, -0.1) is 0 Å². The number of anilines is 1. The number of rotatable bonds is 6. The first kappa shape index (κ1) is 17.1. The second kappa shape index (κ2) is 7.42. The van der Waals surface area contributed by atoms with Crippen molar-refractivity contribution >= 4 is 23.5 Å². The van der Waals surface area contributed by atoms with Gasteiger partial charge in [0.15, 0.2) is 11.5 Å². The molecule has 2 aliphatic rings. The van der Waals surface area contributed by atoms with Crippen molar-refractivity contribution in [3.63, 3.8) is 0 Å². The summed E-state index contributed by atoms with van der Waals surface area (Å²) in [5.41, 5.74) is 0.690. The molecule has 1 unspecified atom stereocenters. The summed E-state index contributed by atoms with van der Waals surface area (Å²) in [6.07, 6.45) is 0.923. The van der Waals surface area contributed by atoms with E-state index in [-0.39, 0.29) is 37.4 Å². The van der Waals surface area contributed by atoms with Crippen LogP contribution in [-0.2, 0) is 19.1 Å². The molecular weight excluding hydrogens is 328 g/mol. The number of carbonyl (C=O) groups excluding carboxylic acids is 3. The average molecular weight is 348 g/mol. The highest BCUT2D eigenvalue weighted by molar-refractivity contribution is 6.00. The molecule has 2 heterocycles. The van der Waals surface area contributed by atoms with Crippen LogP contribution in [-0.4, -0.2) is 44.8 Å². The highest BCUT2D eigenvalue weighted by Gasteiger charge is 2.35. The van der Waals surface area contributed by atoms with E-state index >= 15 is 0 Å². The molecule has 1 aromatic carbocycles. The minimum absolute atomic E-state index is 0.103. The van der Waals surface area contributed by atoms with Crippen LogP contribution >= 0.6 is 0 Å². The second-order valence-electron chi connectivity index (χ2n) is 5.91. The number of hydrogen-bond donors (Lipinski definition) is 1. The highest BCUT2D eigenvalue weighted by atomic mass is 16.7. The Morgan fingerprint density at radius 3 is 2.92 bits per heavy atom. The van der Waals surface area contributed by atoms with Gasteiger partial charge in [-0.05, 0) is 18.6 Å². The number of esters is 1. The standard InChI is InChI=1S/C17H20N2O6/c1-23-16(21)3-2-6-18-17(22)11-7-15(20)19(9-11)12-4-5-13-14(8-12)25-10-24-13/h4-5,8,11H,2-3,6-7,9-10H2,1H3,(H,18,22). The van der Waals surface area contributed by atoms with Crippen molar-refractivity contribution in [2.24, 2.45) is 5.92 Å². The Labute approximate surface area is 145 Å². The van der Waals surface area contributed by atoms with Crippen LogP contribution in [0.25, 0.3) is 0 Å². The number of fused-ring (bicyclic) bond motifs is 1. The Bertz CT molecular complexity index is 690. The molecule has 1 saturated heterocycles. The molecule has 8 heteroatoms. The van der Waals surface area contributed by atoms with Crippen LogP contribution in [0.15, 0.2) is 18.2 Å². The molecule has 2 aliphatic heterocycles. The normalized spacial score (nSPS) is 18.4. The largest absolute Gasteiger partial charge is 0.469 e. The lowest BCUT2D eigenvalue weighted by molar-refractivity contribution is -0.140. The minimum Gasteiger partial charge on any atom is -0.469 e. The van der Waals surface area contributed by atoms with Crippen molar-refractivity contribution in [1.29, 1.82) is 0 Å². The number of methoxy groups -OCH3 is 1. The summed E-state index contributed by atoms with van der Waals surface area (Å²) in [6, 6.07) is 5.28. The van der Waals surface area contributed by atoms with Crippen LogP contribution in [0.3, 0.4) is 0 Å². The predicted molar refractivity (Wildman–Crippen MR) is 87.3 cm³/mol. The number of nitrogens with zero attached hydrogens (tertiary/aromatic N) is 1. The fraction of sp³-hybridized carbons (Fsp3) is 0.471. The molecular formula is C17H20N2O6. The monoisotopic (exact) mass is 348 g/mol. The van der Waals surface area contributed by atoms with E-state index in [1.54, 1.807) is 23.1 Å². The van der Waals surface area contributed by atoms with Gasteiger partial charge >= 0.3 is 5.97 Å². The van der Waals surface area contributed by atoms with Crippen molar-refractivity contribution in [2.45, 2.75) is 19.3 Å². The molecule has 8 nitrogen and oxygen atoms in total. The zero-order valence-corrected chi connectivity index (χ0v) is 13.9. The summed E-state index contributed by atoms with van der Waals surface area (Å²) in [4.78, 5) is 37.1. The van der Waals surface area contributed by atoms with Crippen molar-refractivity contribution in [2.75, 3.05) is 31.9 Å². The van der Waals surface area contributed by atoms with E-state index in [9.17, 15) is 14.4 Å². The molecule has 1 aromatic rings. The molecule has 2 amide bonds. The molecule has 1 N–H and O–H groups in total. The van der Waals surface area contributed by atoms with Gasteiger partial charge in [0, 0.05) is 37.7 Å². The van der Waals surface area contributed by atoms with Gasteiger partial charge in [0.25, 0.3) is 0 Å². The zero-order valence-electron chi connectivity index (χ0n) is 13.9. The Hall–Kier alpha value is -2.77. The number of amides is 2. The van der Waals surface area contributed by atoms with Crippen LogP contribution in [0.4, 0.5) is 5.69 Å². The van der Waals surface area contributed by atoms with Gasteiger partial charge in [-0.1, -0.05) is 0 Å². The number of nitrogens with one attached hydrogen (secondary N) is 1. The van der Waals surface area contributed by atoms with Crippen molar-refractivity contribution in [1.82, 2.24) is 5.32 Å². The number of benzene rings is 1. The van der Waals surface area contributed by atoms with Gasteiger partial charge in [0.05, 0.1) is 13.0 Å². The molecule has 0 saturated carbocycles. The lowest BCUT2D eigenvalue weighted by atomic mass is 10.1. The Morgan fingerprint density at radius 1 is 1.32 bits per heavy atom. The third-order valence-electron chi connectivity index (χ3n) is 4.25. The van der Waals surface area contributed by atoms with Gasteiger partial charge in [-0.25, -0.2) is 0 Å². The number of ether oxygens (including phenoxy) is 3. The summed E-state index contributed by atoms with van der Waals surface area (Å²) < 4.78 is 15.1. The molecule has 0 aromatic heterocycles.